The second-order valence-corrected chi connectivity index (χ2v) is 3.06. The van der Waals surface area contributed by atoms with E-state index in [1.165, 1.54) is 12.1 Å². The maximum atomic E-state index is 10.4. The van der Waals surface area contributed by atoms with Crippen LogP contribution in [0.4, 0.5) is 5.69 Å². The van der Waals surface area contributed by atoms with Crippen LogP contribution in [0.1, 0.15) is 10.4 Å². The molecule has 0 aliphatic rings. The Kier molecular flexibility index (Phi) is 5.28. The number of rotatable bonds is 2. The standard InChI is InChI=1S/C7H4BrNO4.Na/c8-6-2-1-4(9(12)13)3-5(6)7(10)11;/h1-3H,(H,10,11);/q;+1/p-1. The number of nitrogens with zero attached hydrogens (tertiary/aromatic N) is 1. The van der Waals surface area contributed by atoms with E-state index in [0.29, 0.717) is 0 Å². The van der Waals surface area contributed by atoms with Crippen molar-refractivity contribution in [3.8, 4) is 0 Å². The number of carboxylic acids is 1. The predicted octanol–water partition coefficient (Wildman–Crippen LogP) is -2.28. The number of carbonyl (C=O) groups is 1. The van der Waals surface area contributed by atoms with Crippen molar-refractivity contribution in [1.29, 1.82) is 0 Å². The molecule has 0 bridgehead atoms. The number of nitro groups is 1. The molecule has 0 fully saturated rings. The molecule has 0 aliphatic carbocycles. The Balaban J connectivity index is 0.00000169. The SMILES string of the molecule is O=C([O-])c1cc([N+](=O)[O-])ccc1Br.[Na+]. The summed E-state index contributed by atoms with van der Waals surface area (Å²) in [5, 5.41) is 20.7. The first-order chi connectivity index (χ1) is 6.02. The molecule has 0 saturated carbocycles. The molecular weight excluding hydrogens is 265 g/mol. The van der Waals surface area contributed by atoms with Crippen LogP contribution < -0.4 is 34.7 Å². The zero-order valence-corrected chi connectivity index (χ0v) is 10.8. The first-order valence-electron chi connectivity index (χ1n) is 3.17. The number of carbonyl (C=O) groups excluding carboxylic acids is 1. The summed E-state index contributed by atoms with van der Waals surface area (Å²) in [6, 6.07) is 3.44. The summed E-state index contributed by atoms with van der Waals surface area (Å²) < 4.78 is 0.262. The molecular formula is C7H3BrNNaO4. The zero-order valence-electron chi connectivity index (χ0n) is 7.19. The fourth-order valence-corrected chi connectivity index (χ4v) is 1.19. The quantitative estimate of drug-likeness (QED) is 0.344. The van der Waals surface area contributed by atoms with Gasteiger partial charge in [-0.15, -0.1) is 0 Å². The molecule has 14 heavy (non-hydrogen) atoms. The van der Waals surface area contributed by atoms with Crippen LogP contribution in [0.5, 0.6) is 0 Å². The number of halogens is 1. The van der Waals surface area contributed by atoms with Gasteiger partial charge in [0.25, 0.3) is 5.69 Å². The van der Waals surface area contributed by atoms with Gasteiger partial charge in [-0.05, 0) is 6.07 Å². The fourth-order valence-electron chi connectivity index (χ4n) is 0.783. The topological polar surface area (TPSA) is 83.3 Å². The average Bonchev–Trinajstić information content (AvgIpc) is 2.04. The number of aromatic carboxylic acids is 1. The third-order valence-corrected chi connectivity index (χ3v) is 2.07. The number of nitro benzene ring substituents is 1. The van der Waals surface area contributed by atoms with Crippen LogP contribution in [-0.4, -0.2) is 10.9 Å². The minimum Gasteiger partial charge on any atom is -0.545 e. The summed E-state index contributed by atoms with van der Waals surface area (Å²) in [4.78, 5) is 20.0. The van der Waals surface area contributed by atoms with Gasteiger partial charge in [0.15, 0.2) is 0 Å². The van der Waals surface area contributed by atoms with Crippen molar-refractivity contribution in [1.82, 2.24) is 0 Å². The molecule has 1 aromatic carbocycles. The van der Waals surface area contributed by atoms with Crippen LogP contribution in [0.2, 0.25) is 0 Å². The summed E-state index contributed by atoms with van der Waals surface area (Å²) in [6.45, 7) is 0. The van der Waals surface area contributed by atoms with Crippen LogP contribution in [0.15, 0.2) is 22.7 Å². The summed E-state index contributed by atoms with van der Waals surface area (Å²) in [6.07, 6.45) is 0. The van der Waals surface area contributed by atoms with Gasteiger partial charge in [0.1, 0.15) is 0 Å². The second-order valence-electron chi connectivity index (χ2n) is 2.21. The van der Waals surface area contributed by atoms with E-state index >= 15 is 0 Å². The van der Waals surface area contributed by atoms with E-state index < -0.39 is 10.9 Å². The molecule has 0 N–H and O–H groups in total. The summed E-state index contributed by atoms with van der Waals surface area (Å²) in [5.74, 6) is -1.45. The summed E-state index contributed by atoms with van der Waals surface area (Å²) in [5.41, 5.74) is -0.503. The largest absolute Gasteiger partial charge is 1.00 e. The Morgan fingerprint density at radius 1 is 1.43 bits per heavy atom. The number of carboxylic acid groups (broad SMARTS) is 1. The summed E-state index contributed by atoms with van der Waals surface area (Å²) >= 11 is 2.94. The third kappa shape index (κ3) is 3.06. The molecule has 68 valence electrons. The average molecular weight is 268 g/mol. The van der Waals surface area contributed by atoms with Crippen molar-refractivity contribution >= 4 is 27.6 Å². The maximum absolute atomic E-state index is 10.4. The molecule has 0 spiro atoms. The van der Waals surface area contributed by atoms with E-state index in [1.54, 1.807) is 0 Å². The number of hydrogen-bond donors (Lipinski definition) is 0. The van der Waals surface area contributed by atoms with Crippen molar-refractivity contribution in [2.24, 2.45) is 0 Å². The van der Waals surface area contributed by atoms with Crippen LogP contribution in [-0.2, 0) is 0 Å². The first kappa shape index (κ1) is 13.6. The Bertz CT molecular complexity index is 382. The summed E-state index contributed by atoms with van der Waals surface area (Å²) in [7, 11) is 0. The monoisotopic (exact) mass is 267 g/mol. The van der Waals surface area contributed by atoms with Gasteiger partial charge in [-0.25, -0.2) is 0 Å². The zero-order chi connectivity index (χ0) is 10.0. The van der Waals surface area contributed by atoms with Crippen molar-refractivity contribution in [2.45, 2.75) is 0 Å². The van der Waals surface area contributed by atoms with E-state index in [2.05, 4.69) is 15.9 Å². The molecule has 0 aliphatic heterocycles. The minimum atomic E-state index is -1.45. The second kappa shape index (κ2) is 5.45. The van der Waals surface area contributed by atoms with Crippen LogP contribution in [0, 0.1) is 10.1 Å². The van der Waals surface area contributed by atoms with Crippen molar-refractivity contribution in [3.63, 3.8) is 0 Å². The van der Waals surface area contributed by atoms with E-state index in [0.717, 1.165) is 6.07 Å². The molecule has 1 rings (SSSR count). The molecule has 0 unspecified atom stereocenters. The van der Waals surface area contributed by atoms with Crippen molar-refractivity contribution < 1.29 is 44.4 Å². The number of hydrogen-bond acceptors (Lipinski definition) is 4. The third-order valence-electron chi connectivity index (χ3n) is 1.38. The Morgan fingerprint density at radius 3 is 2.43 bits per heavy atom. The van der Waals surface area contributed by atoms with E-state index in [-0.39, 0.29) is 45.3 Å². The molecule has 0 aromatic heterocycles. The normalized spacial score (nSPS) is 8.93. The predicted molar refractivity (Wildman–Crippen MR) is 45.1 cm³/mol. The Labute approximate surface area is 110 Å². The number of benzene rings is 1. The fraction of sp³-hybridized carbons (Fsp3) is 0. The van der Waals surface area contributed by atoms with Gasteiger partial charge in [0, 0.05) is 22.2 Å². The molecule has 5 nitrogen and oxygen atoms in total. The van der Waals surface area contributed by atoms with E-state index in [4.69, 9.17) is 0 Å². The first-order valence-corrected chi connectivity index (χ1v) is 3.97. The van der Waals surface area contributed by atoms with Crippen LogP contribution in [0.25, 0.3) is 0 Å². The molecule has 0 saturated heterocycles. The van der Waals surface area contributed by atoms with Gasteiger partial charge in [-0.1, -0.05) is 15.9 Å². The molecule has 1 aromatic rings. The Hall–Kier alpha value is -0.430. The van der Waals surface area contributed by atoms with Gasteiger partial charge in [0.05, 0.1) is 10.9 Å². The van der Waals surface area contributed by atoms with E-state index in [9.17, 15) is 20.0 Å². The van der Waals surface area contributed by atoms with Crippen molar-refractivity contribution in [2.75, 3.05) is 0 Å². The van der Waals surface area contributed by atoms with Gasteiger partial charge in [0.2, 0.25) is 0 Å². The molecule has 0 radical (unpaired) electrons. The molecule has 0 heterocycles. The van der Waals surface area contributed by atoms with Gasteiger partial charge >= 0.3 is 29.6 Å². The molecule has 7 heteroatoms. The molecule has 0 amide bonds. The number of non-ortho nitro benzene ring substituents is 1. The van der Waals surface area contributed by atoms with Crippen molar-refractivity contribution in [3.05, 3.63) is 38.3 Å². The van der Waals surface area contributed by atoms with Crippen LogP contribution in [0.3, 0.4) is 0 Å². The molecule has 0 atom stereocenters. The van der Waals surface area contributed by atoms with Gasteiger partial charge < -0.3 is 9.90 Å². The maximum Gasteiger partial charge on any atom is 1.00 e. The van der Waals surface area contributed by atoms with Gasteiger partial charge in [-0.3, -0.25) is 10.1 Å². The van der Waals surface area contributed by atoms with E-state index in [1.807, 2.05) is 0 Å². The smallest absolute Gasteiger partial charge is 0.545 e. The van der Waals surface area contributed by atoms with Crippen LogP contribution >= 0.6 is 15.9 Å². The Morgan fingerprint density at radius 2 is 2.00 bits per heavy atom. The van der Waals surface area contributed by atoms with Gasteiger partial charge in [-0.2, -0.15) is 0 Å². The minimum absolute atomic E-state index is 0.